The van der Waals surface area contributed by atoms with Crippen LogP contribution in [0.5, 0.6) is 11.5 Å². The number of hydrogen-bond donors (Lipinski definition) is 2. The Morgan fingerprint density at radius 2 is 2.20 bits per heavy atom. The number of nitriles is 1. The number of carbonyl (C=O) groups excluding carboxylic acids is 1. The van der Waals surface area contributed by atoms with Gasteiger partial charge >= 0.3 is 6.09 Å². The van der Waals surface area contributed by atoms with E-state index in [0.29, 0.717) is 36.0 Å². The van der Waals surface area contributed by atoms with Crippen molar-refractivity contribution in [3.63, 3.8) is 0 Å². The summed E-state index contributed by atoms with van der Waals surface area (Å²) in [6.07, 6.45) is 0.970. The number of anilines is 2. The number of nitrogens with zero attached hydrogens (tertiary/aromatic N) is 5. The van der Waals surface area contributed by atoms with Crippen LogP contribution >= 0.6 is 0 Å². The molecule has 0 atom stereocenters. The normalized spacial score (nSPS) is 15.9. The molecule has 0 unspecified atom stereocenters. The van der Waals surface area contributed by atoms with Gasteiger partial charge in [0.25, 0.3) is 0 Å². The first-order valence-electron chi connectivity index (χ1n) is 7.25. The second-order valence-electron chi connectivity index (χ2n) is 5.04. The highest BCUT2D eigenvalue weighted by atomic mass is 16.7. The van der Waals surface area contributed by atoms with E-state index in [1.165, 1.54) is 11.1 Å². The topological polar surface area (TPSA) is 138 Å². The SMILES string of the molecule is N#CC(=CNc1cc2c(cc1N1CCOC1=O)OCO2)c1nn[nH]n1. The van der Waals surface area contributed by atoms with Gasteiger partial charge in [-0.25, -0.2) is 4.79 Å². The molecule has 0 bridgehead atoms. The number of fused-ring (bicyclic) bond motifs is 1. The zero-order valence-corrected chi connectivity index (χ0v) is 12.7. The van der Waals surface area contributed by atoms with Gasteiger partial charge in [0.2, 0.25) is 12.6 Å². The molecule has 1 saturated heterocycles. The van der Waals surface area contributed by atoms with Crippen LogP contribution < -0.4 is 19.7 Å². The number of amides is 1. The summed E-state index contributed by atoms with van der Waals surface area (Å²) in [5.74, 6) is 1.21. The van der Waals surface area contributed by atoms with Gasteiger partial charge in [0.15, 0.2) is 11.5 Å². The van der Waals surface area contributed by atoms with Crippen LogP contribution in [-0.4, -0.2) is 46.7 Å². The minimum atomic E-state index is -0.454. The number of ether oxygens (including phenoxy) is 3. The molecule has 11 nitrogen and oxygen atoms in total. The lowest BCUT2D eigenvalue weighted by Crippen LogP contribution is -2.24. The smallest absolute Gasteiger partial charge is 0.414 e. The minimum absolute atomic E-state index is 0.102. The van der Waals surface area contributed by atoms with Crippen molar-refractivity contribution in [2.75, 3.05) is 30.2 Å². The Kier molecular flexibility index (Phi) is 3.55. The molecule has 2 aliphatic heterocycles. The lowest BCUT2D eigenvalue weighted by atomic mass is 10.2. The Balaban J connectivity index is 1.71. The molecule has 0 radical (unpaired) electrons. The quantitative estimate of drug-likeness (QED) is 0.775. The number of hydrogen-bond acceptors (Lipinski definition) is 9. The van der Waals surface area contributed by atoms with Gasteiger partial charge in [0, 0.05) is 18.3 Å². The third kappa shape index (κ3) is 2.65. The summed E-state index contributed by atoms with van der Waals surface area (Å²) in [7, 11) is 0. The fourth-order valence-corrected chi connectivity index (χ4v) is 2.46. The minimum Gasteiger partial charge on any atom is -0.454 e. The molecule has 0 saturated carbocycles. The van der Waals surface area contributed by atoms with Crippen molar-refractivity contribution in [2.24, 2.45) is 0 Å². The molecule has 0 aliphatic carbocycles. The summed E-state index contributed by atoms with van der Waals surface area (Å²) >= 11 is 0. The second-order valence-corrected chi connectivity index (χ2v) is 5.04. The van der Waals surface area contributed by atoms with Crippen molar-refractivity contribution >= 4 is 23.0 Å². The zero-order valence-electron chi connectivity index (χ0n) is 12.7. The summed E-state index contributed by atoms with van der Waals surface area (Å²) in [5.41, 5.74) is 1.26. The number of aromatic nitrogens is 4. The average molecular weight is 341 g/mol. The van der Waals surface area contributed by atoms with Gasteiger partial charge in [0.05, 0.1) is 17.9 Å². The molecule has 2 aromatic rings. The van der Waals surface area contributed by atoms with Crippen molar-refractivity contribution in [2.45, 2.75) is 0 Å². The van der Waals surface area contributed by atoms with E-state index in [-0.39, 0.29) is 18.2 Å². The molecule has 11 heteroatoms. The molecule has 1 fully saturated rings. The molecule has 3 heterocycles. The summed E-state index contributed by atoms with van der Waals surface area (Å²) in [4.78, 5) is 13.4. The Hall–Kier alpha value is -3.81. The standard InChI is InChI=1S/C14H11N7O4/c15-5-8(13-17-19-20-18-13)6-16-9-3-11-12(25-7-24-11)4-10(9)21-1-2-23-14(21)22/h3-4,6,16H,1-2,7H2,(H,17,18,19,20). The number of aromatic amines is 1. The van der Waals surface area contributed by atoms with Crippen LogP contribution in [0.2, 0.25) is 0 Å². The van der Waals surface area contributed by atoms with Gasteiger partial charge in [-0.05, 0) is 5.21 Å². The zero-order chi connectivity index (χ0) is 17.2. The lowest BCUT2D eigenvalue weighted by molar-refractivity contribution is 0.174. The number of carbonyl (C=O) groups is 1. The molecule has 4 rings (SSSR count). The molecule has 0 spiro atoms. The Morgan fingerprint density at radius 3 is 2.88 bits per heavy atom. The van der Waals surface area contributed by atoms with Gasteiger partial charge in [0.1, 0.15) is 18.2 Å². The van der Waals surface area contributed by atoms with E-state index in [9.17, 15) is 10.1 Å². The molecule has 1 aromatic heterocycles. The first-order valence-corrected chi connectivity index (χ1v) is 7.25. The van der Waals surface area contributed by atoms with Crippen molar-refractivity contribution < 1.29 is 19.0 Å². The van der Waals surface area contributed by atoms with Gasteiger partial charge in [-0.1, -0.05) is 0 Å². The predicted molar refractivity (Wildman–Crippen MR) is 82.6 cm³/mol. The lowest BCUT2D eigenvalue weighted by Gasteiger charge is -2.18. The van der Waals surface area contributed by atoms with Gasteiger partial charge in [-0.2, -0.15) is 10.5 Å². The van der Waals surface area contributed by atoms with Crippen LogP contribution in [0.3, 0.4) is 0 Å². The van der Waals surface area contributed by atoms with Crippen molar-refractivity contribution in [3.05, 3.63) is 24.2 Å². The summed E-state index contributed by atoms with van der Waals surface area (Å²) in [5, 5.41) is 25.5. The molecule has 1 amide bonds. The number of nitrogens with one attached hydrogen (secondary N) is 2. The third-order valence-corrected chi connectivity index (χ3v) is 3.62. The van der Waals surface area contributed by atoms with E-state index >= 15 is 0 Å². The second kappa shape index (κ2) is 6.00. The largest absolute Gasteiger partial charge is 0.454 e. The first kappa shape index (κ1) is 14.8. The van der Waals surface area contributed by atoms with E-state index in [4.69, 9.17) is 14.2 Å². The fourth-order valence-electron chi connectivity index (χ4n) is 2.46. The highest BCUT2D eigenvalue weighted by Crippen LogP contribution is 2.42. The third-order valence-electron chi connectivity index (χ3n) is 3.62. The predicted octanol–water partition coefficient (Wildman–Crippen LogP) is 0.862. The van der Waals surface area contributed by atoms with E-state index < -0.39 is 6.09 Å². The highest BCUT2D eigenvalue weighted by Gasteiger charge is 2.28. The number of allylic oxidation sites excluding steroid dienone is 1. The van der Waals surface area contributed by atoms with Crippen LogP contribution in [0.4, 0.5) is 16.2 Å². The average Bonchev–Trinajstić information content (AvgIpc) is 3.35. The van der Waals surface area contributed by atoms with Crippen molar-refractivity contribution in [1.82, 2.24) is 20.6 Å². The Morgan fingerprint density at radius 1 is 1.36 bits per heavy atom. The molecule has 2 N–H and O–H groups in total. The van der Waals surface area contributed by atoms with Gasteiger partial charge in [-0.15, -0.1) is 10.2 Å². The van der Waals surface area contributed by atoms with Crippen LogP contribution in [0.25, 0.3) is 5.57 Å². The van der Waals surface area contributed by atoms with Crippen LogP contribution in [0.1, 0.15) is 5.82 Å². The number of tetrazole rings is 1. The van der Waals surface area contributed by atoms with Crippen molar-refractivity contribution in [3.8, 4) is 17.6 Å². The van der Waals surface area contributed by atoms with Crippen LogP contribution in [0, 0.1) is 11.3 Å². The number of rotatable bonds is 4. The van der Waals surface area contributed by atoms with Crippen LogP contribution in [0.15, 0.2) is 18.3 Å². The molecule has 126 valence electrons. The molecule has 2 aliphatic rings. The van der Waals surface area contributed by atoms with E-state index in [1.807, 2.05) is 6.07 Å². The van der Waals surface area contributed by atoms with Crippen LogP contribution in [-0.2, 0) is 4.74 Å². The molecular weight excluding hydrogens is 330 g/mol. The summed E-state index contributed by atoms with van der Waals surface area (Å²) in [6, 6.07) is 5.35. The van der Waals surface area contributed by atoms with Gasteiger partial charge < -0.3 is 19.5 Å². The maximum absolute atomic E-state index is 11.9. The van der Waals surface area contributed by atoms with E-state index in [1.54, 1.807) is 12.1 Å². The number of benzene rings is 1. The molecule has 1 aromatic carbocycles. The monoisotopic (exact) mass is 341 g/mol. The fraction of sp³-hybridized carbons (Fsp3) is 0.214. The maximum Gasteiger partial charge on any atom is 0.414 e. The van der Waals surface area contributed by atoms with E-state index in [2.05, 4.69) is 25.9 Å². The number of H-pyrrole nitrogens is 1. The molecule has 25 heavy (non-hydrogen) atoms. The Labute approximate surface area is 140 Å². The highest BCUT2D eigenvalue weighted by molar-refractivity contribution is 5.95. The van der Waals surface area contributed by atoms with Crippen molar-refractivity contribution in [1.29, 1.82) is 5.26 Å². The summed E-state index contributed by atoms with van der Waals surface area (Å²) in [6.45, 7) is 0.812. The van der Waals surface area contributed by atoms with E-state index in [0.717, 1.165) is 0 Å². The maximum atomic E-state index is 11.9. The van der Waals surface area contributed by atoms with Gasteiger partial charge in [-0.3, -0.25) is 4.90 Å². The molecular formula is C14H11N7O4. The summed E-state index contributed by atoms with van der Waals surface area (Å²) < 4.78 is 15.7. The first-order chi connectivity index (χ1) is 12.3. The number of cyclic esters (lactones) is 1. The Bertz CT molecular complexity index is 887.